The second kappa shape index (κ2) is 5.64. The van der Waals surface area contributed by atoms with Crippen LogP contribution in [0.15, 0.2) is 30.3 Å². The fourth-order valence-corrected chi connectivity index (χ4v) is 3.89. The van der Waals surface area contributed by atoms with E-state index >= 15 is 0 Å². The summed E-state index contributed by atoms with van der Waals surface area (Å²) in [4.78, 5) is 5.17. The lowest BCUT2D eigenvalue weighted by Crippen LogP contribution is -2.48. The smallest absolute Gasteiger partial charge is 0.0233 e. The third kappa shape index (κ3) is 3.18. The van der Waals surface area contributed by atoms with Gasteiger partial charge in [0, 0.05) is 13.1 Å². The van der Waals surface area contributed by atoms with Crippen molar-refractivity contribution in [3.8, 4) is 0 Å². The molecule has 104 valence electrons. The highest BCUT2D eigenvalue weighted by atomic mass is 15.2. The van der Waals surface area contributed by atoms with Crippen LogP contribution in [0.25, 0.3) is 0 Å². The van der Waals surface area contributed by atoms with Crippen molar-refractivity contribution in [2.24, 2.45) is 5.41 Å². The summed E-state index contributed by atoms with van der Waals surface area (Å²) >= 11 is 0. The van der Waals surface area contributed by atoms with Crippen molar-refractivity contribution in [2.45, 2.75) is 32.2 Å². The average molecular weight is 258 g/mol. The molecule has 2 heteroatoms. The van der Waals surface area contributed by atoms with Crippen LogP contribution < -0.4 is 0 Å². The van der Waals surface area contributed by atoms with Crippen molar-refractivity contribution >= 4 is 0 Å². The molecule has 1 aromatic carbocycles. The Balaban J connectivity index is 1.54. The van der Waals surface area contributed by atoms with Crippen LogP contribution in [-0.4, -0.2) is 43.0 Å². The monoisotopic (exact) mass is 258 g/mol. The van der Waals surface area contributed by atoms with Crippen LogP contribution in [0.3, 0.4) is 0 Å². The minimum atomic E-state index is 0.639. The van der Waals surface area contributed by atoms with E-state index in [1.54, 1.807) is 0 Å². The van der Waals surface area contributed by atoms with Crippen LogP contribution >= 0.6 is 0 Å². The van der Waals surface area contributed by atoms with Crippen molar-refractivity contribution in [1.29, 1.82) is 0 Å². The normalized spacial score (nSPS) is 24.7. The van der Waals surface area contributed by atoms with Gasteiger partial charge in [0.2, 0.25) is 0 Å². The van der Waals surface area contributed by atoms with Crippen molar-refractivity contribution in [1.82, 2.24) is 9.80 Å². The van der Waals surface area contributed by atoms with Gasteiger partial charge in [-0.05, 0) is 63.3 Å². The first kappa shape index (κ1) is 13.1. The van der Waals surface area contributed by atoms with Gasteiger partial charge in [-0.1, -0.05) is 30.3 Å². The molecule has 1 spiro atoms. The van der Waals surface area contributed by atoms with Gasteiger partial charge in [0.05, 0.1) is 0 Å². The number of hydrogen-bond acceptors (Lipinski definition) is 2. The SMILES string of the molecule is CN1CCCC2(CCN(Cc3ccccc3)CC2)C1. The van der Waals surface area contributed by atoms with Crippen molar-refractivity contribution in [3.05, 3.63) is 35.9 Å². The van der Waals surface area contributed by atoms with E-state index in [0.717, 1.165) is 6.54 Å². The molecule has 2 aliphatic heterocycles. The van der Waals surface area contributed by atoms with Crippen molar-refractivity contribution < 1.29 is 0 Å². The molecular weight excluding hydrogens is 232 g/mol. The van der Waals surface area contributed by atoms with Gasteiger partial charge < -0.3 is 4.90 Å². The molecule has 0 aromatic heterocycles. The number of rotatable bonds is 2. The lowest BCUT2D eigenvalue weighted by atomic mass is 9.72. The molecule has 2 saturated heterocycles. The Morgan fingerprint density at radius 3 is 2.42 bits per heavy atom. The number of nitrogens with zero attached hydrogens (tertiary/aromatic N) is 2. The summed E-state index contributed by atoms with van der Waals surface area (Å²) in [6.45, 7) is 6.32. The zero-order chi connectivity index (χ0) is 13.1. The predicted octanol–water partition coefficient (Wildman–Crippen LogP) is 2.99. The van der Waals surface area contributed by atoms with Crippen LogP contribution in [0, 0.1) is 5.41 Å². The summed E-state index contributed by atoms with van der Waals surface area (Å²) in [5, 5.41) is 0. The van der Waals surface area contributed by atoms with Gasteiger partial charge >= 0.3 is 0 Å². The molecule has 19 heavy (non-hydrogen) atoms. The molecule has 0 amide bonds. The zero-order valence-corrected chi connectivity index (χ0v) is 12.1. The summed E-state index contributed by atoms with van der Waals surface area (Å²) < 4.78 is 0. The number of benzene rings is 1. The maximum Gasteiger partial charge on any atom is 0.0233 e. The third-order valence-corrected chi connectivity index (χ3v) is 5.02. The molecule has 2 fully saturated rings. The van der Waals surface area contributed by atoms with Crippen LogP contribution in [0.2, 0.25) is 0 Å². The maximum atomic E-state index is 2.63. The van der Waals surface area contributed by atoms with E-state index in [1.165, 1.54) is 57.4 Å². The molecule has 0 saturated carbocycles. The fraction of sp³-hybridized carbons (Fsp3) is 0.647. The standard InChI is InChI=1S/C17H26N2/c1-18-11-5-8-17(15-18)9-12-19(13-10-17)14-16-6-3-2-4-7-16/h2-4,6-7H,5,8-15H2,1H3. The molecule has 2 aliphatic rings. The molecule has 2 nitrogen and oxygen atoms in total. The molecule has 3 rings (SSSR count). The van der Waals surface area contributed by atoms with Crippen LogP contribution in [0.4, 0.5) is 0 Å². The summed E-state index contributed by atoms with van der Waals surface area (Å²) in [5.74, 6) is 0. The average Bonchev–Trinajstić information content (AvgIpc) is 2.43. The lowest BCUT2D eigenvalue weighted by molar-refractivity contribution is 0.0317. The van der Waals surface area contributed by atoms with Gasteiger partial charge in [-0.15, -0.1) is 0 Å². The van der Waals surface area contributed by atoms with Crippen molar-refractivity contribution in [3.63, 3.8) is 0 Å². The van der Waals surface area contributed by atoms with Crippen LogP contribution in [0.1, 0.15) is 31.2 Å². The first-order valence-electron chi connectivity index (χ1n) is 7.71. The first-order chi connectivity index (χ1) is 9.26. The summed E-state index contributed by atoms with van der Waals surface area (Å²) in [6.07, 6.45) is 5.64. The quantitative estimate of drug-likeness (QED) is 0.804. The van der Waals surface area contributed by atoms with Gasteiger partial charge in [-0.3, -0.25) is 4.90 Å². The minimum absolute atomic E-state index is 0.639. The summed E-state index contributed by atoms with van der Waals surface area (Å²) in [6, 6.07) is 10.9. The van der Waals surface area contributed by atoms with Gasteiger partial charge in [0.15, 0.2) is 0 Å². The third-order valence-electron chi connectivity index (χ3n) is 5.02. The molecule has 0 atom stereocenters. The number of likely N-dealkylation sites (tertiary alicyclic amines) is 2. The van der Waals surface area contributed by atoms with Crippen LogP contribution in [-0.2, 0) is 6.54 Å². The molecule has 0 bridgehead atoms. The molecule has 0 radical (unpaired) electrons. The Labute approximate surface area is 117 Å². The Bertz CT molecular complexity index is 393. The van der Waals surface area contributed by atoms with E-state index in [-0.39, 0.29) is 0 Å². The number of hydrogen-bond donors (Lipinski definition) is 0. The van der Waals surface area contributed by atoms with E-state index in [0.29, 0.717) is 5.41 Å². The summed E-state index contributed by atoms with van der Waals surface area (Å²) in [5.41, 5.74) is 2.10. The Kier molecular flexibility index (Phi) is 3.90. The Morgan fingerprint density at radius 2 is 1.74 bits per heavy atom. The molecule has 1 aromatic rings. The minimum Gasteiger partial charge on any atom is -0.306 e. The second-order valence-electron chi connectivity index (χ2n) is 6.60. The van der Waals surface area contributed by atoms with E-state index in [4.69, 9.17) is 0 Å². The van der Waals surface area contributed by atoms with Gasteiger partial charge in [-0.2, -0.15) is 0 Å². The largest absolute Gasteiger partial charge is 0.306 e. The summed E-state index contributed by atoms with van der Waals surface area (Å²) in [7, 11) is 2.29. The second-order valence-corrected chi connectivity index (χ2v) is 6.60. The van der Waals surface area contributed by atoms with Gasteiger partial charge in [-0.25, -0.2) is 0 Å². The lowest BCUT2D eigenvalue weighted by Gasteiger charge is -2.47. The van der Waals surface area contributed by atoms with E-state index in [9.17, 15) is 0 Å². The highest BCUT2D eigenvalue weighted by molar-refractivity contribution is 5.14. The highest BCUT2D eigenvalue weighted by Crippen LogP contribution is 2.39. The molecule has 0 unspecified atom stereocenters. The van der Waals surface area contributed by atoms with Crippen molar-refractivity contribution in [2.75, 3.05) is 33.2 Å². The molecular formula is C17H26N2. The zero-order valence-electron chi connectivity index (χ0n) is 12.1. The predicted molar refractivity (Wildman–Crippen MR) is 80.1 cm³/mol. The van der Waals surface area contributed by atoms with Crippen LogP contribution in [0.5, 0.6) is 0 Å². The highest BCUT2D eigenvalue weighted by Gasteiger charge is 2.37. The fourth-order valence-electron chi connectivity index (χ4n) is 3.89. The Hall–Kier alpha value is -0.860. The first-order valence-corrected chi connectivity index (χ1v) is 7.71. The number of piperidine rings is 2. The molecule has 2 heterocycles. The van der Waals surface area contributed by atoms with E-state index < -0.39 is 0 Å². The topological polar surface area (TPSA) is 6.48 Å². The molecule has 0 aliphatic carbocycles. The van der Waals surface area contributed by atoms with Gasteiger partial charge in [0.1, 0.15) is 0 Å². The maximum absolute atomic E-state index is 2.63. The Morgan fingerprint density at radius 1 is 1.00 bits per heavy atom. The van der Waals surface area contributed by atoms with E-state index in [2.05, 4.69) is 47.2 Å². The van der Waals surface area contributed by atoms with E-state index in [1.807, 2.05) is 0 Å². The van der Waals surface area contributed by atoms with Gasteiger partial charge in [0.25, 0.3) is 0 Å². The molecule has 0 N–H and O–H groups in total.